The molecule has 1 aromatic rings. The van der Waals surface area contributed by atoms with Gasteiger partial charge in [0.05, 0.1) is 12.6 Å². The molecule has 1 fully saturated rings. The second-order valence-electron chi connectivity index (χ2n) is 6.06. The van der Waals surface area contributed by atoms with Crippen molar-refractivity contribution in [2.75, 3.05) is 11.9 Å². The molecule has 1 aromatic carbocycles. The van der Waals surface area contributed by atoms with Crippen LogP contribution < -0.4 is 10.6 Å². The lowest BCUT2D eigenvalue weighted by molar-refractivity contribution is -0.120. The van der Waals surface area contributed by atoms with E-state index in [9.17, 15) is 10.1 Å². The van der Waals surface area contributed by atoms with Crippen molar-refractivity contribution in [3.8, 4) is 6.07 Å². The van der Waals surface area contributed by atoms with Crippen molar-refractivity contribution in [3.05, 3.63) is 29.8 Å². The highest BCUT2D eigenvalue weighted by molar-refractivity contribution is 5.81. The number of amides is 1. The van der Waals surface area contributed by atoms with E-state index < -0.39 is 5.54 Å². The van der Waals surface area contributed by atoms with Crippen molar-refractivity contribution < 1.29 is 4.79 Å². The number of nitriles is 1. The normalized spacial score (nSPS) is 17.1. The molecular weight excluding hydrogens is 274 g/mol. The lowest BCUT2D eigenvalue weighted by Crippen LogP contribution is -2.48. The largest absolute Gasteiger partial charge is 0.376 e. The zero-order chi connectivity index (χ0) is 15.8. The van der Waals surface area contributed by atoms with Crippen molar-refractivity contribution in [2.24, 2.45) is 0 Å². The minimum Gasteiger partial charge on any atom is -0.376 e. The number of rotatable bonds is 5. The SMILES string of the molecule is CCc1ccc(NCC(=O)NC2(C#N)CCCCCC2)cc1. The van der Waals surface area contributed by atoms with E-state index in [1.807, 2.05) is 12.1 Å². The molecule has 4 heteroatoms. The van der Waals surface area contributed by atoms with Gasteiger partial charge in [0.15, 0.2) is 0 Å². The minimum absolute atomic E-state index is 0.108. The summed E-state index contributed by atoms with van der Waals surface area (Å²) < 4.78 is 0. The molecular formula is C18H25N3O. The first-order valence-corrected chi connectivity index (χ1v) is 8.22. The Labute approximate surface area is 132 Å². The zero-order valence-corrected chi connectivity index (χ0v) is 13.3. The first-order valence-electron chi connectivity index (χ1n) is 8.22. The lowest BCUT2D eigenvalue weighted by atomic mass is 9.92. The van der Waals surface area contributed by atoms with E-state index in [4.69, 9.17) is 0 Å². The smallest absolute Gasteiger partial charge is 0.240 e. The number of hydrogen-bond acceptors (Lipinski definition) is 3. The van der Waals surface area contributed by atoms with E-state index in [0.717, 1.165) is 50.6 Å². The molecule has 0 spiro atoms. The molecule has 0 unspecified atom stereocenters. The molecule has 1 aliphatic carbocycles. The highest BCUT2D eigenvalue weighted by atomic mass is 16.2. The maximum atomic E-state index is 12.2. The number of aryl methyl sites for hydroxylation is 1. The molecule has 1 aliphatic rings. The average Bonchev–Trinajstić information content (AvgIpc) is 2.79. The van der Waals surface area contributed by atoms with Gasteiger partial charge in [-0.1, -0.05) is 44.7 Å². The van der Waals surface area contributed by atoms with E-state index in [-0.39, 0.29) is 12.5 Å². The summed E-state index contributed by atoms with van der Waals surface area (Å²) in [5, 5.41) is 15.5. The van der Waals surface area contributed by atoms with Crippen LogP contribution in [0.3, 0.4) is 0 Å². The van der Waals surface area contributed by atoms with Gasteiger partial charge in [-0.25, -0.2) is 0 Å². The third kappa shape index (κ3) is 4.49. The van der Waals surface area contributed by atoms with E-state index in [2.05, 4.69) is 35.8 Å². The van der Waals surface area contributed by atoms with Gasteiger partial charge in [0, 0.05) is 5.69 Å². The summed E-state index contributed by atoms with van der Waals surface area (Å²) >= 11 is 0. The summed E-state index contributed by atoms with van der Waals surface area (Å²) in [4.78, 5) is 12.2. The monoisotopic (exact) mass is 299 g/mol. The first-order chi connectivity index (χ1) is 10.7. The van der Waals surface area contributed by atoms with Crippen molar-refractivity contribution in [1.29, 1.82) is 5.26 Å². The maximum Gasteiger partial charge on any atom is 0.240 e. The van der Waals surface area contributed by atoms with Crippen LogP contribution in [0.1, 0.15) is 51.0 Å². The van der Waals surface area contributed by atoms with Crippen LogP contribution >= 0.6 is 0 Å². The molecule has 0 atom stereocenters. The topological polar surface area (TPSA) is 64.9 Å². The van der Waals surface area contributed by atoms with Gasteiger partial charge >= 0.3 is 0 Å². The summed E-state index contributed by atoms with van der Waals surface area (Å²) in [5.74, 6) is -0.108. The van der Waals surface area contributed by atoms with Gasteiger partial charge in [-0.3, -0.25) is 4.79 Å². The van der Waals surface area contributed by atoms with E-state index in [1.54, 1.807) is 0 Å². The van der Waals surface area contributed by atoms with Gasteiger partial charge in [-0.05, 0) is 37.0 Å². The highest BCUT2D eigenvalue weighted by Gasteiger charge is 2.32. The molecule has 0 bridgehead atoms. The Hall–Kier alpha value is -2.02. The quantitative estimate of drug-likeness (QED) is 0.819. The Bertz CT molecular complexity index is 522. The Balaban J connectivity index is 1.87. The summed E-state index contributed by atoms with van der Waals surface area (Å²) in [6.07, 6.45) is 6.87. The number of carbonyl (C=O) groups excluding carboxylic acids is 1. The Morgan fingerprint density at radius 2 is 1.82 bits per heavy atom. The Kier molecular flexibility index (Phi) is 5.83. The van der Waals surface area contributed by atoms with Gasteiger partial charge < -0.3 is 10.6 Å². The fourth-order valence-corrected chi connectivity index (χ4v) is 2.95. The minimum atomic E-state index is -0.665. The molecule has 0 aliphatic heterocycles. The summed E-state index contributed by atoms with van der Waals surface area (Å²) in [7, 11) is 0. The molecule has 2 N–H and O–H groups in total. The fourth-order valence-electron chi connectivity index (χ4n) is 2.95. The van der Waals surface area contributed by atoms with Crippen LogP contribution in [0, 0.1) is 11.3 Å². The van der Waals surface area contributed by atoms with Crippen LogP contribution in [-0.4, -0.2) is 18.0 Å². The summed E-state index contributed by atoms with van der Waals surface area (Å²) in [5.41, 5.74) is 1.54. The second-order valence-corrected chi connectivity index (χ2v) is 6.06. The van der Waals surface area contributed by atoms with E-state index >= 15 is 0 Å². The molecule has 0 radical (unpaired) electrons. The molecule has 22 heavy (non-hydrogen) atoms. The third-order valence-corrected chi connectivity index (χ3v) is 4.37. The molecule has 118 valence electrons. The number of hydrogen-bond donors (Lipinski definition) is 2. The van der Waals surface area contributed by atoms with E-state index in [0.29, 0.717) is 0 Å². The number of anilines is 1. The zero-order valence-electron chi connectivity index (χ0n) is 13.3. The van der Waals surface area contributed by atoms with Gasteiger partial charge in [0.25, 0.3) is 0 Å². The van der Waals surface area contributed by atoms with Crippen LogP contribution in [0.2, 0.25) is 0 Å². The Morgan fingerprint density at radius 1 is 1.18 bits per heavy atom. The first kappa shape index (κ1) is 16.4. The van der Waals surface area contributed by atoms with Gasteiger partial charge in [-0.15, -0.1) is 0 Å². The molecule has 2 rings (SSSR count). The average molecular weight is 299 g/mol. The van der Waals surface area contributed by atoms with Crippen molar-refractivity contribution in [1.82, 2.24) is 5.32 Å². The molecule has 1 amide bonds. The fraction of sp³-hybridized carbons (Fsp3) is 0.556. The maximum absolute atomic E-state index is 12.2. The molecule has 0 saturated heterocycles. The standard InChI is InChI=1S/C18H25N3O/c1-2-15-7-9-16(10-8-15)20-13-17(22)21-18(14-19)11-5-3-4-6-12-18/h7-10,20H,2-6,11-13H2,1H3,(H,21,22). The number of nitrogens with one attached hydrogen (secondary N) is 2. The predicted molar refractivity (Wildman–Crippen MR) is 88.5 cm³/mol. The molecule has 0 aromatic heterocycles. The molecule has 4 nitrogen and oxygen atoms in total. The highest BCUT2D eigenvalue weighted by Crippen LogP contribution is 2.26. The van der Waals surface area contributed by atoms with Crippen LogP contribution in [0.4, 0.5) is 5.69 Å². The van der Waals surface area contributed by atoms with Gasteiger partial charge in [0.1, 0.15) is 5.54 Å². The van der Waals surface area contributed by atoms with Crippen molar-refractivity contribution in [3.63, 3.8) is 0 Å². The Morgan fingerprint density at radius 3 is 2.36 bits per heavy atom. The number of benzene rings is 1. The summed E-state index contributed by atoms with van der Waals surface area (Å²) in [6.45, 7) is 2.32. The van der Waals surface area contributed by atoms with Gasteiger partial charge in [-0.2, -0.15) is 5.26 Å². The predicted octanol–water partition coefficient (Wildman–Crippen LogP) is 3.39. The van der Waals surface area contributed by atoms with Crippen LogP contribution in [0.5, 0.6) is 0 Å². The van der Waals surface area contributed by atoms with Crippen LogP contribution in [-0.2, 0) is 11.2 Å². The number of carbonyl (C=O) groups is 1. The van der Waals surface area contributed by atoms with Crippen molar-refractivity contribution >= 4 is 11.6 Å². The summed E-state index contributed by atoms with van der Waals surface area (Å²) in [6, 6.07) is 10.4. The molecule has 0 heterocycles. The molecule has 1 saturated carbocycles. The lowest BCUT2D eigenvalue weighted by Gasteiger charge is -2.26. The number of nitrogens with zero attached hydrogens (tertiary/aromatic N) is 1. The van der Waals surface area contributed by atoms with E-state index in [1.165, 1.54) is 5.56 Å². The van der Waals surface area contributed by atoms with Crippen LogP contribution in [0.15, 0.2) is 24.3 Å². The van der Waals surface area contributed by atoms with Crippen molar-refractivity contribution in [2.45, 2.75) is 57.4 Å². The second kappa shape index (κ2) is 7.84. The van der Waals surface area contributed by atoms with Gasteiger partial charge in [0.2, 0.25) is 5.91 Å². The third-order valence-electron chi connectivity index (χ3n) is 4.37. The van der Waals surface area contributed by atoms with Crippen LogP contribution in [0.25, 0.3) is 0 Å².